The van der Waals surface area contributed by atoms with Gasteiger partial charge in [-0.2, -0.15) is 0 Å². The van der Waals surface area contributed by atoms with E-state index < -0.39 is 0 Å². The van der Waals surface area contributed by atoms with Crippen molar-refractivity contribution in [1.29, 1.82) is 0 Å². The summed E-state index contributed by atoms with van der Waals surface area (Å²) in [6.45, 7) is 0.458. The molecule has 1 fully saturated rings. The molecule has 29 heavy (non-hydrogen) atoms. The number of aromatic nitrogens is 1. The Labute approximate surface area is 174 Å². The second-order valence-electron chi connectivity index (χ2n) is 7.32. The highest BCUT2D eigenvalue weighted by molar-refractivity contribution is 7.15. The van der Waals surface area contributed by atoms with E-state index >= 15 is 0 Å². The Balaban J connectivity index is 1.31. The van der Waals surface area contributed by atoms with Gasteiger partial charge in [-0.15, -0.1) is 11.3 Å². The van der Waals surface area contributed by atoms with Gasteiger partial charge in [-0.1, -0.05) is 31.4 Å². The first-order chi connectivity index (χ1) is 14.1. The van der Waals surface area contributed by atoms with Crippen LogP contribution in [0.15, 0.2) is 30.5 Å². The first kappa shape index (κ1) is 21.2. The number of hydrogen-bond acceptors (Lipinski definition) is 4. The lowest BCUT2D eigenvalue weighted by atomic mass is 9.96. The summed E-state index contributed by atoms with van der Waals surface area (Å²) in [5, 5.41) is 9.15. The fourth-order valence-corrected chi connectivity index (χ4v) is 4.23. The summed E-state index contributed by atoms with van der Waals surface area (Å²) in [6.07, 6.45) is 8.95. The Hall–Kier alpha value is -2.48. The van der Waals surface area contributed by atoms with E-state index in [-0.39, 0.29) is 23.8 Å². The van der Waals surface area contributed by atoms with E-state index in [0.717, 1.165) is 23.3 Å². The predicted octanol–water partition coefficient (Wildman–Crippen LogP) is 4.22. The minimum Gasteiger partial charge on any atom is -0.338 e. The molecule has 1 heterocycles. The average Bonchev–Trinajstić information content (AvgIpc) is 3.14. The van der Waals surface area contributed by atoms with Gasteiger partial charge in [0.1, 0.15) is 5.82 Å². The van der Waals surface area contributed by atoms with Crippen molar-refractivity contribution in [1.82, 2.24) is 15.6 Å². The highest BCUT2D eigenvalue weighted by Gasteiger charge is 2.15. The van der Waals surface area contributed by atoms with E-state index in [1.54, 1.807) is 18.3 Å². The monoisotopic (exact) mass is 418 g/mol. The number of carbonyl (C=O) groups excluding carboxylic acids is 2. The standard InChI is InChI=1S/C21H27FN4O2S/c22-16-10-8-15(9-11-16)13-18-14-24-21(29-18)26-19(27)7-4-12-23-20(28)25-17-5-2-1-3-6-17/h8-11,14,17H,1-7,12-13H2,(H2,23,25,28)(H,24,26,27). The third-order valence-electron chi connectivity index (χ3n) is 4.90. The fraction of sp³-hybridized carbons (Fsp3) is 0.476. The van der Waals surface area contributed by atoms with Gasteiger partial charge < -0.3 is 16.0 Å². The highest BCUT2D eigenvalue weighted by atomic mass is 32.1. The van der Waals surface area contributed by atoms with Crippen molar-refractivity contribution in [3.63, 3.8) is 0 Å². The van der Waals surface area contributed by atoms with Crippen molar-refractivity contribution >= 4 is 28.4 Å². The molecule has 0 radical (unpaired) electrons. The molecule has 0 saturated heterocycles. The zero-order valence-corrected chi connectivity index (χ0v) is 17.2. The molecule has 1 aromatic carbocycles. The minimum atomic E-state index is -0.257. The van der Waals surface area contributed by atoms with Crippen LogP contribution in [0, 0.1) is 5.82 Å². The van der Waals surface area contributed by atoms with Crippen LogP contribution in [0.5, 0.6) is 0 Å². The number of carbonyl (C=O) groups is 2. The molecule has 0 aliphatic heterocycles. The molecule has 0 unspecified atom stereocenters. The van der Waals surface area contributed by atoms with Crippen LogP contribution in [0.3, 0.4) is 0 Å². The maximum Gasteiger partial charge on any atom is 0.315 e. The first-order valence-electron chi connectivity index (χ1n) is 10.1. The van der Waals surface area contributed by atoms with Crippen LogP contribution in [0.4, 0.5) is 14.3 Å². The molecule has 1 saturated carbocycles. The molecular formula is C21H27FN4O2S. The van der Waals surface area contributed by atoms with Crippen LogP contribution in [0.2, 0.25) is 0 Å². The molecule has 6 nitrogen and oxygen atoms in total. The lowest BCUT2D eigenvalue weighted by molar-refractivity contribution is -0.116. The molecular weight excluding hydrogens is 391 g/mol. The number of nitrogens with one attached hydrogen (secondary N) is 3. The number of amides is 3. The summed E-state index contributed by atoms with van der Waals surface area (Å²) in [5.74, 6) is -0.380. The summed E-state index contributed by atoms with van der Waals surface area (Å²) < 4.78 is 13.0. The normalized spacial score (nSPS) is 14.4. The van der Waals surface area contributed by atoms with E-state index in [1.165, 1.54) is 42.7 Å². The number of halogens is 1. The largest absolute Gasteiger partial charge is 0.338 e. The predicted molar refractivity (Wildman–Crippen MR) is 113 cm³/mol. The SMILES string of the molecule is O=C(CCCNC(=O)NC1CCCCC1)Nc1ncc(Cc2ccc(F)cc2)s1. The van der Waals surface area contributed by atoms with Crippen molar-refractivity contribution in [2.75, 3.05) is 11.9 Å². The van der Waals surface area contributed by atoms with Gasteiger partial charge in [0, 0.05) is 36.5 Å². The number of hydrogen-bond donors (Lipinski definition) is 3. The second kappa shape index (κ2) is 10.9. The van der Waals surface area contributed by atoms with Gasteiger partial charge in [-0.3, -0.25) is 4.79 Å². The van der Waals surface area contributed by atoms with Gasteiger partial charge in [0.2, 0.25) is 5.91 Å². The van der Waals surface area contributed by atoms with Gasteiger partial charge in [-0.05, 0) is 37.0 Å². The number of benzene rings is 1. The Bertz CT molecular complexity index is 803. The van der Waals surface area contributed by atoms with Crippen LogP contribution in [0.1, 0.15) is 55.4 Å². The van der Waals surface area contributed by atoms with Crippen molar-refractivity contribution in [2.24, 2.45) is 0 Å². The quantitative estimate of drug-likeness (QED) is 0.561. The molecule has 0 bridgehead atoms. The molecule has 2 aromatic rings. The Morgan fingerprint density at radius 3 is 2.66 bits per heavy atom. The molecule has 156 valence electrons. The van der Waals surface area contributed by atoms with Crippen molar-refractivity contribution < 1.29 is 14.0 Å². The molecule has 0 spiro atoms. The number of nitrogens with zero attached hydrogens (tertiary/aromatic N) is 1. The van der Waals surface area contributed by atoms with E-state index in [9.17, 15) is 14.0 Å². The highest BCUT2D eigenvalue weighted by Crippen LogP contribution is 2.21. The van der Waals surface area contributed by atoms with Gasteiger partial charge >= 0.3 is 6.03 Å². The summed E-state index contributed by atoms with van der Waals surface area (Å²) in [4.78, 5) is 29.1. The fourth-order valence-electron chi connectivity index (χ4n) is 3.37. The Morgan fingerprint density at radius 2 is 1.90 bits per heavy atom. The zero-order chi connectivity index (χ0) is 20.5. The summed E-state index contributed by atoms with van der Waals surface area (Å²) in [7, 11) is 0. The molecule has 1 aliphatic rings. The molecule has 1 aromatic heterocycles. The average molecular weight is 419 g/mol. The van der Waals surface area contributed by atoms with Gasteiger partial charge in [0.25, 0.3) is 0 Å². The second-order valence-corrected chi connectivity index (χ2v) is 8.44. The molecule has 0 atom stereocenters. The summed E-state index contributed by atoms with van der Waals surface area (Å²) >= 11 is 1.41. The van der Waals surface area contributed by atoms with Crippen LogP contribution >= 0.6 is 11.3 Å². The summed E-state index contributed by atoms with van der Waals surface area (Å²) in [6, 6.07) is 6.48. The smallest absolute Gasteiger partial charge is 0.315 e. The molecule has 3 N–H and O–H groups in total. The lowest BCUT2D eigenvalue weighted by Gasteiger charge is -2.22. The van der Waals surface area contributed by atoms with E-state index in [0.29, 0.717) is 30.9 Å². The third-order valence-corrected chi connectivity index (χ3v) is 5.81. The van der Waals surface area contributed by atoms with E-state index in [1.807, 2.05) is 0 Å². The van der Waals surface area contributed by atoms with Crippen LogP contribution in [-0.2, 0) is 11.2 Å². The Morgan fingerprint density at radius 1 is 1.14 bits per heavy atom. The molecule has 8 heteroatoms. The maximum absolute atomic E-state index is 13.0. The Kier molecular flexibility index (Phi) is 7.98. The molecule has 3 rings (SSSR count). The zero-order valence-electron chi connectivity index (χ0n) is 16.4. The van der Waals surface area contributed by atoms with Gasteiger partial charge in [0.05, 0.1) is 0 Å². The van der Waals surface area contributed by atoms with Crippen LogP contribution < -0.4 is 16.0 Å². The number of thiazole rings is 1. The van der Waals surface area contributed by atoms with Crippen molar-refractivity contribution in [3.05, 3.63) is 46.7 Å². The van der Waals surface area contributed by atoms with Gasteiger partial charge in [-0.25, -0.2) is 14.2 Å². The number of urea groups is 1. The number of rotatable bonds is 8. The third kappa shape index (κ3) is 7.45. The van der Waals surface area contributed by atoms with Crippen molar-refractivity contribution in [3.8, 4) is 0 Å². The van der Waals surface area contributed by atoms with E-state index in [2.05, 4.69) is 20.9 Å². The van der Waals surface area contributed by atoms with Crippen molar-refractivity contribution in [2.45, 2.75) is 57.4 Å². The lowest BCUT2D eigenvalue weighted by Crippen LogP contribution is -2.43. The van der Waals surface area contributed by atoms with Crippen LogP contribution in [-0.4, -0.2) is 29.5 Å². The molecule has 3 amide bonds. The van der Waals surface area contributed by atoms with Crippen LogP contribution in [0.25, 0.3) is 0 Å². The topological polar surface area (TPSA) is 83.1 Å². The minimum absolute atomic E-state index is 0.123. The number of anilines is 1. The summed E-state index contributed by atoms with van der Waals surface area (Å²) in [5.41, 5.74) is 0.991. The maximum atomic E-state index is 13.0. The first-order valence-corrected chi connectivity index (χ1v) is 10.9. The van der Waals surface area contributed by atoms with Gasteiger partial charge in [0.15, 0.2) is 5.13 Å². The van der Waals surface area contributed by atoms with E-state index in [4.69, 9.17) is 0 Å². The molecule has 1 aliphatic carbocycles.